The molecule has 0 radical (unpaired) electrons. The van der Waals surface area contributed by atoms with Crippen molar-refractivity contribution >= 4 is 23.4 Å². The first-order valence-corrected chi connectivity index (χ1v) is 7.28. The van der Waals surface area contributed by atoms with Gasteiger partial charge < -0.3 is 10.6 Å². The van der Waals surface area contributed by atoms with Crippen molar-refractivity contribution < 1.29 is 18.0 Å². The molecule has 112 valence electrons. The number of alkyl halides is 3. The molecule has 1 aromatic rings. The van der Waals surface area contributed by atoms with Crippen molar-refractivity contribution in [2.75, 3.05) is 23.4 Å². The van der Waals surface area contributed by atoms with Crippen LogP contribution in [-0.4, -0.2) is 46.0 Å². The standard InChI is InChI=1S/C11H15F3N4OS/c12-11(13,14)7-18-5-9(4-16-18)17-10(19)3-8-6-20-2-1-15-8/h4-5,8,15H,1-3,6-7H2,(H,17,19). The maximum Gasteiger partial charge on any atom is 0.408 e. The van der Waals surface area contributed by atoms with E-state index in [4.69, 9.17) is 0 Å². The Morgan fingerprint density at radius 3 is 3.05 bits per heavy atom. The zero-order valence-electron chi connectivity index (χ0n) is 10.6. The predicted octanol–water partition coefficient (Wildman–Crippen LogP) is 1.48. The Bertz CT molecular complexity index is 457. The first kappa shape index (κ1) is 15.2. The highest BCUT2D eigenvalue weighted by Crippen LogP contribution is 2.18. The summed E-state index contributed by atoms with van der Waals surface area (Å²) in [7, 11) is 0. The van der Waals surface area contributed by atoms with Crippen LogP contribution in [0.4, 0.5) is 18.9 Å². The number of aromatic nitrogens is 2. The number of nitrogens with zero attached hydrogens (tertiary/aromatic N) is 2. The first-order valence-electron chi connectivity index (χ1n) is 6.12. The van der Waals surface area contributed by atoms with E-state index < -0.39 is 12.7 Å². The Labute approximate surface area is 118 Å². The summed E-state index contributed by atoms with van der Waals surface area (Å²) in [6.45, 7) is -0.296. The van der Waals surface area contributed by atoms with Gasteiger partial charge in [0.05, 0.1) is 11.9 Å². The van der Waals surface area contributed by atoms with Crippen molar-refractivity contribution in [3.8, 4) is 0 Å². The van der Waals surface area contributed by atoms with Crippen LogP contribution in [0, 0.1) is 0 Å². The van der Waals surface area contributed by atoms with Gasteiger partial charge in [-0.05, 0) is 0 Å². The molecular weight excluding hydrogens is 293 g/mol. The topological polar surface area (TPSA) is 59.0 Å². The second-order valence-corrected chi connectivity index (χ2v) is 5.67. The van der Waals surface area contributed by atoms with Gasteiger partial charge in [0.1, 0.15) is 6.54 Å². The third-order valence-electron chi connectivity index (χ3n) is 2.69. The van der Waals surface area contributed by atoms with Crippen LogP contribution in [-0.2, 0) is 11.3 Å². The SMILES string of the molecule is O=C(CC1CSCCN1)Nc1cnn(CC(F)(F)F)c1. The largest absolute Gasteiger partial charge is 0.408 e. The molecule has 1 atom stereocenters. The Morgan fingerprint density at radius 2 is 2.40 bits per heavy atom. The zero-order chi connectivity index (χ0) is 14.6. The van der Waals surface area contributed by atoms with Crippen LogP contribution < -0.4 is 10.6 Å². The average Bonchev–Trinajstić information content (AvgIpc) is 2.75. The first-order chi connectivity index (χ1) is 9.42. The van der Waals surface area contributed by atoms with Gasteiger partial charge >= 0.3 is 6.18 Å². The normalized spacial score (nSPS) is 19.9. The third kappa shape index (κ3) is 5.04. The molecule has 1 amide bonds. The smallest absolute Gasteiger partial charge is 0.323 e. The quantitative estimate of drug-likeness (QED) is 0.884. The van der Waals surface area contributed by atoms with Gasteiger partial charge in [0.15, 0.2) is 0 Å². The lowest BCUT2D eigenvalue weighted by molar-refractivity contribution is -0.142. The van der Waals surface area contributed by atoms with Crippen molar-refractivity contribution in [2.45, 2.75) is 25.2 Å². The lowest BCUT2D eigenvalue weighted by Crippen LogP contribution is -2.39. The number of carbonyl (C=O) groups excluding carboxylic acids is 1. The second-order valence-electron chi connectivity index (χ2n) is 4.52. The number of carbonyl (C=O) groups is 1. The number of rotatable bonds is 4. The molecule has 5 nitrogen and oxygen atoms in total. The van der Waals surface area contributed by atoms with Gasteiger partial charge in [-0.3, -0.25) is 9.48 Å². The Morgan fingerprint density at radius 1 is 1.60 bits per heavy atom. The minimum absolute atomic E-state index is 0.110. The monoisotopic (exact) mass is 308 g/mol. The summed E-state index contributed by atoms with van der Waals surface area (Å²) < 4.78 is 37.2. The van der Waals surface area contributed by atoms with Crippen LogP contribution in [0.15, 0.2) is 12.4 Å². The number of hydrogen-bond acceptors (Lipinski definition) is 4. The Kier molecular flexibility index (Phi) is 4.92. The molecule has 1 unspecified atom stereocenters. The van der Waals surface area contributed by atoms with Gasteiger partial charge in [-0.2, -0.15) is 30.0 Å². The van der Waals surface area contributed by atoms with E-state index >= 15 is 0 Å². The van der Waals surface area contributed by atoms with Gasteiger partial charge in [-0.15, -0.1) is 0 Å². The number of thioether (sulfide) groups is 1. The van der Waals surface area contributed by atoms with Crippen molar-refractivity contribution in [3.63, 3.8) is 0 Å². The van der Waals surface area contributed by atoms with E-state index in [9.17, 15) is 18.0 Å². The number of nitrogens with one attached hydrogen (secondary N) is 2. The molecule has 0 saturated carbocycles. The summed E-state index contributed by atoms with van der Waals surface area (Å²) in [6, 6.07) is 0.110. The molecule has 1 aliphatic rings. The molecule has 1 aromatic heterocycles. The van der Waals surface area contributed by atoms with E-state index in [2.05, 4.69) is 15.7 Å². The summed E-state index contributed by atoms with van der Waals surface area (Å²) in [5.41, 5.74) is 0.280. The third-order valence-corrected chi connectivity index (χ3v) is 3.82. The van der Waals surface area contributed by atoms with Crippen LogP contribution in [0.1, 0.15) is 6.42 Å². The van der Waals surface area contributed by atoms with Crippen molar-refractivity contribution in [2.24, 2.45) is 0 Å². The number of anilines is 1. The molecule has 0 aromatic carbocycles. The molecule has 0 aliphatic carbocycles. The van der Waals surface area contributed by atoms with E-state index in [1.807, 2.05) is 0 Å². The summed E-state index contributed by atoms with van der Waals surface area (Å²) in [5.74, 6) is 1.67. The zero-order valence-corrected chi connectivity index (χ0v) is 11.4. The maximum atomic E-state index is 12.2. The Hall–Kier alpha value is -1.22. The van der Waals surface area contributed by atoms with E-state index in [-0.39, 0.29) is 17.6 Å². The summed E-state index contributed by atoms with van der Waals surface area (Å²) >= 11 is 1.78. The lowest BCUT2D eigenvalue weighted by Gasteiger charge is -2.22. The predicted molar refractivity (Wildman–Crippen MR) is 70.6 cm³/mol. The molecular formula is C11H15F3N4OS. The van der Waals surface area contributed by atoms with Crippen LogP contribution in [0.2, 0.25) is 0 Å². The van der Waals surface area contributed by atoms with Gasteiger partial charge in [-0.1, -0.05) is 0 Å². The summed E-state index contributed by atoms with van der Waals surface area (Å²) in [4.78, 5) is 11.8. The summed E-state index contributed by atoms with van der Waals surface area (Å²) in [6.07, 6.45) is -1.63. The molecule has 2 rings (SSSR count). The van der Waals surface area contributed by atoms with Gasteiger partial charge in [0.25, 0.3) is 0 Å². The van der Waals surface area contributed by atoms with Crippen LogP contribution in [0.3, 0.4) is 0 Å². The number of halogens is 3. The average molecular weight is 308 g/mol. The van der Waals surface area contributed by atoms with Gasteiger partial charge in [0.2, 0.25) is 5.91 Å². The van der Waals surface area contributed by atoms with Crippen LogP contribution in [0.5, 0.6) is 0 Å². The fraction of sp³-hybridized carbons (Fsp3) is 0.636. The molecule has 9 heteroatoms. The van der Waals surface area contributed by atoms with Crippen molar-refractivity contribution in [3.05, 3.63) is 12.4 Å². The van der Waals surface area contributed by atoms with Crippen LogP contribution >= 0.6 is 11.8 Å². The molecule has 0 bridgehead atoms. The highest BCUT2D eigenvalue weighted by atomic mass is 32.2. The Balaban J connectivity index is 1.82. The van der Waals surface area contributed by atoms with E-state index in [1.165, 1.54) is 12.4 Å². The van der Waals surface area contributed by atoms with Crippen molar-refractivity contribution in [1.82, 2.24) is 15.1 Å². The minimum atomic E-state index is -4.32. The highest BCUT2D eigenvalue weighted by molar-refractivity contribution is 7.99. The number of hydrogen-bond donors (Lipinski definition) is 2. The summed E-state index contributed by atoms with van der Waals surface area (Å²) in [5, 5.41) is 9.34. The maximum absolute atomic E-state index is 12.2. The molecule has 1 saturated heterocycles. The fourth-order valence-electron chi connectivity index (χ4n) is 1.88. The fourth-order valence-corrected chi connectivity index (χ4v) is 2.83. The van der Waals surface area contributed by atoms with Crippen LogP contribution in [0.25, 0.3) is 0 Å². The van der Waals surface area contributed by atoms with Gasteiger partial charge in [-0.25, -0.2) is 0 Å². The van der Waals surface area contributed by atoms with E-state index in [1.54, 1.807) is 11.8 Å². The molecule has 1 aliphatic heterocycles. The molecule has 2 N–H and O–H groups in total. The second kappa shape index (κ2) is 6.49. The molecule has 20 heavy (non-hydrogen) atoms. The molecule has 0 spiro atoms. The van der Waals surface area contributed by atoms with Crippen molar-refractivity contribution in [1.29, 1.82) is 0 Å². The van der Waals surface area contributed by atoms with E-state index in [0.29, 0.717) is 6.42 Å². The molecule has 2 heterocycles. The highest BCUT2D eigenvalue weighted by Gasteiger charge is 2.28. The lowest BCUT2D eigenvalue weighted by atomic mass is 10.2. The van der Waals surface area contributed by atoms with Gasteiger partial charge in [0, 0.05) is 36.7 Å². The molecule has 1 fully saturated rings. The van der Waals surface area contributed by atoms with E-state index in [0.717, 1.165) is 22.7 Å². The minimum Gasteiger partial charge on any atom is -0.323 e. The number of amides is 1.